The van der Waals surface area contributed by atoms with Gasteiger partial charge in [0.2, 0.25) is 0 Å². The summed E-state index contributed by atoms with van der Waals surface area (Å²) in [4.78, 5) is 2.51. The second-order valence-electron chi connectivity index (χ2n) is 8.43. The highest BCUT2D eigenvalue weighted by atomic mass is 28.4. The molecule has 200 valence electrons. The molecule has 1 unspecified atom stereocenters. The molecule has 0 bridgehead atoms. The summed E-state index contributed by atoms with van der Waals surface area (Å²) in [6, 6.07) is 0.815. The topological polar surface area (TPSA) is 70.7 Å². The zero-order valence-corrected chi connectivity index (χ0v) is 26.3. The molecule has 0 aromatic carbocycles. The van der Waals surface area contributed by atoms with Gasteiger partial charge in [0.15, 0.2) is 0 Å². The van der Waals surface area contributed by atoms with E-state index >= 15 is 0 Å². The average Bonchev–Trinajstić information content (AvgIpc) is 2.86. The normalized spacial score (nSPS) is 14.1. The maximum atomic E-state index is 5.86. The fraction of sp³-hybridized carbons (Fsp3) is 1.00. The number of rotatable bonds is 24. The monoisotopic (exact) mass is 526 g/mol. The maximum Gasteiger partial charge on any atom is 0.500 e. The number of hydrogen-bond donors (Lipinski definition) is 1. The standard InChI is InChI=1S/C22H54N2O6Si3/c1-9-24(10-2)19-15-13-11-12-14-17-22(33(28-6,29-7)30-8)31-21-23-18-16-20-32(25-3,26-4)27-5/h22-23H,9-21,31H2,1-8H3. The molecular formula is C22H54N2O6Si3. The van der Waals surface area contributed by atoms with Gasteiger partial charge in [0.1, 0.15) is 0 Å². The van der Waals surface area contributed by atoms with Gasteiger partial charge in [0, 0.05) is 63.4 Å². The van der Waals surface area contributed by atoms with Crippen LogP contribution in [-0.4, -0.2) is 107 Å². The minimum absolute atomic E-state index is 0.436. The van der Waals surface area contributed by atoms with Crippen molar-refractivity contribution < 1.29 is 26.6 Å². The number of hydrogen-bond acceptors (Lipinski definition) is 8. The Morgan fingerprint density at radius 3 is 1.79 bits per heavy atom. The Balaban J connectivity index is 4.41. The quantitative estimate of drug-likeness (QED) is 0.152. The fourth-order valence-electron chi connectivity index (χ4n) is 4.43. The molecule has 11 heteroatoms. The van der Waals surface area contributed by atoms with Gasteiger partial charge in [-0.25, -0.2) is 0 Å². The van der Waals surface area contributed by atoms with E-state index in [2.05, 4.69) is 24.1 Å². The van der Waals surface area contributed by atoms with Crippen LogP contribution in [0, 0.1) is 0 Å². The molecular weight excluding hydrogens is 473 g/mol. The molecule has 1 N–H and O–H groups in total. The Morgan fingerprint density at radius 1 is 0.727 bits per heavy atom. The Hall–Kier alpha value is 0.331. The largest absolute Gasteiger partial charge is 0.500 e. The fourth-order valence-corrected chi connectivity index (χ4v) is 12.9. The van der Waals surface area contributed by atoms with Crippen LogP contribution >= 0.6 is 0 Å². The molecule has 0 saturated heterocycles. The van der Waals surface area contributed by atoms with Crippen LogP contribution in [0.4, 0.5) is 0 Å². The van der Waals surface area contributed by atoms with Crippen molar-refractivity contribution in [3.8, 4) is 0 Å². The summed E-state index contributed by atoms with van der Waals surface area (Å²) in [5, 5.41) is 4.05. The van der Waals surface area contributed by atoms with Crippen LogP contribution < -0.4 is 5.32 Å². The lowest BCUT2D eigenvalue weighted by Gasteiger charge is -2.32. The Labute approximate surface area is 208 Å². The highest BCUT2D eigenvalue weighted by molar-refractivity contribution is 6.73. The summed E-state index contributed by atoms with van der Waals surface area (Å²) in [6.45, 7) is 8.95. The molecule has 0 aromatic heterocycles. The van der Waals surface area contributed by atoms with Gasteiger partial charge >= 0.3 is 17.6 Å². The first kappa shape index (κ1) is 33.3. The third-order valence-electron chi connectivity index (χ3n) is 6.71. The van der Waals surface area contributed by atoms with Gasteiger partial charge < -0.3 is 36.8 Å². The molecule has 33 heavy (non-hydrogen) atoms. The number of unbranched alkanes of at least 4 members (excludes halogenated alkanes) is 4. The summed E-state index contributed by atoms with van der Waals surface area (Å²) in [5.74, 6) is 0. The molecule has 0 rings (SSSR count). The Bertz CT molecular complexity index is 426. The first-order valence-corrected chi connectivity index (χ1v) is 18.3. The van der Waals surface area contributed by atoms with E-state index in [0.717, 1.165) is 44.7 Å². The molecule has 0 heterocycles. The smallest absolute Gasteiger partial charge is 0.377 e. The zero-order chi connectivity index (χ0) is 25.0. The molecule has 8 nitrogen and oxygen atoms in total. The van der Waals surface area contributed by atoms with E-state index in [4.69, 9.17) is 26.6 Å². The third kappa shape index (κ3) is 12.7. The van der Waals surface area contributed by atoms with E-state index in [1.165, 1.54) is 38.6 Å². The van der Waals surface area contributed by atoms with E-state index in [-0.39, 0.29) is 0 Å². The molecule has 0 aliphatic rings. The van der Waals surface area contributed by atoms with Gasteiger partial charge in [-0.2, -0.15) is 0 Å². The van der Waals surface area contributed by atoms with Crippen molar-refractivity contribution >= 4 is 27.1 Å². The summed E-state index contributed by atoms with van der Waals surface area (Å²) < 4.78 is 34.1. The van der Waals surface area contributed by atoms with Gasteiger partial charge in [0.05, 0.1) is 0 Å². The second-order valence-corrected chi connectivity index (χ2v) is 17.7. The van der Waals surface area contributed by atoms with Gasteiger partial charge in [-0.05, 0) is 51.6 Å². The lowest BCUT2D eigenvalue weighted by atomic mass is 10.1. The molecule has 0 saturated carbocycles. The third-order valence-corrected chi connectivity index (χ3v) is 16.7. The van der Waals surface area contributed by atoms with Crippen LogP contribution in [0.15, 0.2) is 0 Å². The molecule has 0 spiro atoms. The van der Waals surface area contributed by atoms with Gasteiger partial charge in [-0.3, -0.25) is 0 Å². The SMILES string of the molecule is CCN(CC)CCCCCCCC([SiH2]CNCCC[Si](OC)(OC)OC)[Si](OC)(OC)OC. The summed E-state index contributed by atoms with van der Waals surface area (Å²) in [5.41, 5.74) is 0. The summed E-state index contributed by atoms with van der Waals surface area (Å²) in [6.07, 6.45) is 9.56. The number of nitrogens with zero attached hydrogens (tertiary/aromatic N) is 1. The van der Waals surface area contributed by atoms with Gasteiger partial charge in [0.25, 0.3) is 0 Å². The van der Waals surface area contributed by atoms with E-state index in [9.17, 15) is 0 Å². The minimum Gasteiger partial charge on any atom is -0.377 e. The average molecular weight is 527 g/mol. The molecule has 1 atom stereocenters. The molecule has 0 radical (unpaired) electrons. The van der Waals surface area contributed by atoms with Crippen molar-refractivity contribution in [1.29, 1.82) is 0 Å². The van der Waals surface area contributed by atoms with Crippen molar-refractivity contribution in [3.05, 3.63) is 0 Å². The molecule has 0 amide bonds. The van der Waals surface area contributed by atoms with Gasteiger partial charge in [-0.1, -0.05) is 39.5 Å². The zero-order valence-electron chi connectivity index (χ0n) is 22.9. The summed E-state index contributed by atoms with van der Waals surface area (Å²) >= 11 is 0. The van der Waals surface area contributed by atoms with Crippen LogP contribution in [0.3, 0.4) is 0 Å². The van der Waals surface area contributed by atoms with Crippen LogP contribution in [0.2, 0.25) is 11.2 Å². The highest BCUT2D eigenvalue weighted by Gasteiger charge is 2.46. The molecule has 0 fully saturated rings. The first-order chi connectivity index (χ1) is 16.0. The van der Waals surface area contributed by atoms with Crippen LogP contribution in [0.1, 0.15) is 58.8 Å². The second kappa shape index (κ2) is 20.5. The Kier molecular flexibility index (Phi) is 20.7. The van der Waals surface area contributed by atoms with E-state index < -0.39 is 27.1 Å². The first-order valence-electron chi connectivity index (χ1n) is 12.7. The highest BCUT2D eigenvalue weighted by Crippen LogP contribution is 2.29. The van der Waals surface area contributed by atoms with Gasteiger partial charge in [-0.15, -0.1) is 0 Å². The molecule has 0 aromatic rings. The lowest BCUT2D eigenvalue weighted by molar-refractivity contribution is 0.118. The minimum atomic E-state index is -2.60. The van der Waals surface area contributed by atoms with Crippen LogP contribution in [0.25, 0.3) is 0 Å². The lowest BCUT2D eigenvalue weighted by Crippen LogP contribution is -2.51. The predicted octanol–water partition coefficient (Wildman–Crippen LogP) is 2.86. The molecule has 0 aliphatic heterocycles. The summed E-state index contributed by atoms with van der Waals surface area (Å²) in [7, 11) is 4.69. The maximum absolute atomic E-state index is 5.86. The molecule has 0 aliphatic carbocycles. The Morgan fingerprint density at radius 2 is 1.27 bits per heavy atom. The van der Waals surface area contributed by atoms with Crippen LogP contribution in [-0.2, 0) is 26.6 Å². The van der Waals surface area contributed by atoms with E-state index in [1.807, 2.05) is 0 Å². The van der Waals surface area contributed by atoms with Crippen molar-refractivity contribution in [2.24, 2.45) is 0 Å². The van der Waals surface area contributed by atoms with Crippen molar-refractivity contribution in [3.63, 3.8) is 0 Å². The van der Waals surface area contributed by atoms with E-state index in [0.29, 0.717) is 5.16 Å². The van der Waals surface area contributed by atoms with E-state index in [1.54, 1.807) is 42.7 Å². The number of nitrogens with one attached hydrogen (secondary N) is 1. The van der Waals surface area contributed by atoms with Crippen molar-refractivity contribution in [2.45, 2.75) is 70.0 Å². The van der Waals surface area contributed by atoms with Crippen molar-refractivity contribution in [1.82, 2.24) is 10.2 Å². The van der Waals surface area contributed by atoms with Crippen LogP contribution in [0.5, 0.6) is 0 Å². The van der Waals surface area contributed by atoms with Crippen molar-refractivity contribution in [2.75, 3.05) is 75.0 Å². The predicted molar refractivity (Wildman–Crippen MR) is 144 cm³/mol.